The summed E-state index contributed by atoms with van der Waals surface area (Å²) in [5, 5.41) is 0. The quantitative estimate of drug-likeness (QED) is 0.728. The monoisotopic (exact) mass is 196 g/mol. The van der Waals surface area contributed by atoms with Crippen LogP contribution in [0.2, 0.25) is 0 Å². The minimum absolute atomic E-state index is 0.505. The van der Waals surface area contributed by atoms with Crippen LogP contribution >= 0.6 is 0 Å². The number of piperidine rings is 1. The summed E-state index contributed by atoms with van der Waals surface area (Å²) in [6, 6.07) is 0.812. The maximum Gasteiger partial charge on any atom is 0.0129 e. The summed E-state index contributed by atoms with van der Waals surface area (Å²) in [7, 11) is 2.28. The van der Waals surface area contributed by atoms with Crippen LogP contribution in [-0.2, 0) is 0 Å². The molecule has 0 aromatic rings. The van der Waals surface area contributed by atoms with Crippen LogP contribution in [0.4, 0.5) is 0 Å². The molecule has 0 aromatic heterocycles. The van der Waals surface area contributed by atoms with Gasteiger partial charge in [0.1, 0.15) is 0 Å². The smallest absolute Gasteiger partial charge is 0.0129 e. The minimum Gasteiger partial charge on any atom is -0.330 e. The van der Waals surface area contributed by atoms with Crippen molar-refractivity contribution in [2.45, 2.75) is 39.2 Å². The summed E-state index contributed by atoms with van der Waals surface area (Å²) in [6.07, 6.45) is 4.19. The molecule has 14 heavy (non-hydrogen) atoms. The van der Waals surface area contributed by atoms with Crippen LogP contribution in [0.25, 0.3) is 0 Å². The van der Waals surface area contributed by atoms with Crippen LogP contribution in [0.5, 0.6) is 0 Å². The van der Waals surface area contributed by atoms with Gasteiger partial charge in [-0.1, -0.05) is 20.3 Å². The molecule has 0 amide bonds. The van der Waals surface area contributed by atoms with E-state index in [1.165, 1.54) is 25.8 Å². The Morgan fingerprint density at radius 2 is 2.07 bits per heavy atom. The minimum atomic E-state index is 0.505. The average Bonchev–Trinajstić information content (AvgIpc) is 2.69. The fraction of sp³-hybridized carbons (Fsp3) is 1.00. The predicted octanol–water partition coefficient (Wildman–Crippen LogP) is 1.70. The summed E-state index contributed by atoms with van der Waals surface area (Å²) in [4.78, 5) is 2.56. The average molecular weight is 196 g/mol. The second kappa shape index (κ2) is 3.49. The Balaban J connectivity index is 2.02. The summed E-state index contributed by atoms with van der Waals surface area (Å²) < 4.78 is 0. The molecular formula is C12H24N2. The first-order valence-corrected chi connectivity index (χ1v) is 5.99. The van der Waals surface area contributed by atoms with Gasteiger partial charge in [-0.15, -0.1) is 0 Å². The van der Waals surface area contributed by atoms with E-state index in [1.54, 1.807) is 0 Å². The van der Waals surface area contributed by atoms with Gasteiger partial charge in [0.15, 0.2) is 0 Å². The van der Waals surface area contributed by atoms with Crippen molar-refractivity contribution in [3.63, 3.8) is 0 Å². The number of nitrogens with zero attached hydrogens (tertiary/aromatic N) is 1. The summed E-state index contributed by atoms with van der Waals surface area (Å²) >= 11 is 0. The van der Waals surface area contributed by atoms with Gasteiger partial charge in [0, 0.05) is 6.04 Å². The van der Waals surface area contributed by atoms with Crippen LogP contribution in [0.3, 0.4) is 0 Å². The SMILES string of the molecule is CN1CCCCC1[C@H]1[C@H](CN)C1(C)C. The van der Waals surface area contributed by atoms with E-state index in [-0.39, 0.29) is 0 Å². The lowest BCUT2D eigenvalue weighted by atomic mass is 9.94. The molecule has 2 aliphatic rings. The Bertz CT molecular complexity index is 212. The van der Waals surface area contributed by atoms with Crippen molar-refractivity contribution < 1.29 is 0 Å². The van der Waals surface area contributed by atoms with E-state index in [1.807, 2.05) is 0 Å². The van der Waals surface area contributed by atoms with Crippen LogP contribution in [0.1, 0.15) is 33.1 Å². The van der Waals surface area contributed by atoms with Crippen molar-refractivity contribution in [2.24, 2.45) is 23.0 Å². The predicted molar refractivity (Wildman–Crippen MR) is 60.1 cm³/mol. The van der Waals surface area contributed by atoms with Gasteiger partial charge in [0.05, 0.1) is 0 Å². The maximum atomic E-state index is 5.83. The van der Waals surface area contributed by atoms with E-state index in [0.29, 0.717) is 5.41 Å². The lowest BCUT2D eigenvalue weighted by molar-refractivity contribution is 0.150. The van der Waals surface area contributed by atoms with Crippen molar-refractivity contribution in [1.29, 1.82) is 0 Å². The van der Waals surface area contributed by atoms with Gasteiger partial charge in [-0.25, -0.2) is 0 Å². The Morgan fingerprint density at radius 3 is 2.57 bits per heavy atom. The normalized spacial score (nSPS) is 42.4. The van der Waals surface area contributed by atoms with Gasteiger partial charge in [0.2, 0.25) is 0 Å². The molecule has 2 fully saturated rings. The fourth-order valence-electron chi connectivity index (χ4n) is 3.56. The zero-order valence-corrected chi connectivity index (χ0v) is 9.79. The maximum absolute atomic E-state index is 5.83. The molecule has 2 heteroatoms. The molecular weight excluding hydrogens is 172 g/mol. The van der Waals surface area contributed by atoms with Crippen molar-refractivity contribution in [3.05, 3.63) is 0 Å². The van der Waals surface area contributed by atoms with Gasteiger partial charge in [0.25, 0.3) is 0 Å². The largest absolute Gasteiger partial charge is 0.330 e. The van der Waals surface area contributed by atoms with Crippen LogP contribution in [-0.4, -0.2) is 31.1 Å². The molecule has 0 bridgehead atoms. The first-order chi connectivity index (χ1) is 6.59. The molecule has 2 nitrogen and oxygen atoms in total. The molecule has 82 valence electrons. The third-order valence-electron chi connectivity index (χ3n) is 4.63. The van der Waals surface area contributed by atoms with Gasteiger partial charge >= 0.3 is 0 Å². The molecule has 0 spiro atoms. The third kappa shape index (κ3) is 1.49. The number of likely N-dealkylation sites (tertiary alicyclic amines) is 1. The number of hydrogen-bond donors (Lipinski definition) is 1. The molecule has 0 aromatic carbocycles. The molecule has 3 atom stereocenters. The molecule has 1 aliphatic carbocycles. The first kappa shape index (κ1) is 10.4. The lowest BCUT2D eigenvalue weighted by Gasteiger charge is -2.33. The highest BCUT2D eigenvalue weighted by atomic mass is 15.1. The Labute approximate surface area is 87.8 Å². The van der Waals surface area contributed by atoms with Gasteiger partial charge in [-0.05, 0) is 50.2 Å². The van der Waals surface area contributed by atoms with E-state index in [0.717, 1.165) is 24.4 Å². The second-order valence-corrected chi connectivity index (χ2v) is 5.73. The van der Waals surface area contributed by atoms with Gasteiger partial charge in [-0.3, -0.25) is 0 Å². The lowest BCUT2D eigenvalue weighted by Crippen LogP contribution is -2.39. The third-order valence-corrected chi connectivity index (χ3v) is 4.63. The van der Waals surface area contributed by atoms with E-state index in [9.17, 15) is 0 Å². The van der Waals surface area contributed by atoms with E-state index in [4.69, 9.17) is 5.73 Å². The second-order valence-electron chi connectivity index (χ2n) is 5.73. The van der Waals surface area contributed by atoms with Crippen LogP contribution in [0, 0.1) is 17.3 Å². The van der Waals surface area contributed by atoms with Gasteiger partial charge in [-0.2, -0.15) is 0 Å². The Kier molecular flexibility index (Phi) is 2.61. The Hall–Kier alpha value is -0.0800. The van der Waals surface area contributed by atoms with E-state index < -0.39 is 0 Å². The topological polar surface area (TPSA) is 29.3 Å². The van der Waals surface area contributed by atoms with Crippen molar-refractivity contribution >= 4 is 0 Å². The van der Waals surface area contributed by atoms with Crippen LogP contribution in [0.15, 0.2) is 0 Å². The highest BCUT2D eigenvalue weighted by molar-refractivity contribution is 5.10. The molecule has 2 rings (SSSR count). The summed E-state index contributed by atoms with van der Waals surface area (Å²) in [5.41, 5.74) is 6.34. The van der Waals surface area contributed by atoms with Crippen molar-refractivity contribution in [1.82, 2.24) is 4.90 Å². The molecule has 1 saturated carbocycles. The summed E-state index contributed by atoms with van der Waals surface area (Å²) in [5.74, 6) is 1.63. The molecule has 1 saturated heterocycles. The number of rotatable bonds is 2. The highest BCUT2D eigenvalue weighted by Gasteiger charge is 2.60. The molecule has 1 aliphatic heterocycles. The molecule has 1 unspecified atom stereocenters. The van der Waals surface area contributed by atoms with E-state index >= 15 is 0 Å². The van der Waals surface area contributed by atoms with Crippen LogP contribution < -0.4 is 5.73 Å². The zero-order chi connectivity index (χ0) is 10.3. The van der Waals surface area contributed by atoms with Crippen molar-refractivity contribution in [3.8, 4) is 0 Å². The first-order valence-electron chi connectivity index (χ1n) is 5.99. The number of nitrogens with two attached hydrogens (primary N) is 1. The fourth-order valence-corrected chi connectivity index (χ4v) is 3.56. The highest BCUT2D eigenvalue weighted by Crippen LogP contribution is 2.61. The molecule has 1 heterocycles. The zero-order valence-electron chi connectivity index (χ0n) is 9.79. The van der Waals surface area contributed by atoms with E-state index in [2.05, 4.69) is 25.8 Å². The Morgan fingerprint density at radius 1 is 1.36 bits per heavy atom. The molecule has 2 N–H and O–H groups in total. The molecule has 0 radical (unpaired) electrons. The van der Waals surface area contributed by atoms with Crippen molar-refractivity contribution in [2.75, 3.05) is 20.1 Å². The summed E-state index contributed by atoms with van der Waals surface area (Å²) in [6.45, 7) is 6.94. The number of hydrogen-bond acceptors (Lipinski definition) is 2. The van der Waals surface area contributed by atoms with Gasteiger partial charge < -0.3 is 10.6 Å². The standard InChI is InChI=1S/C12H24N2/c1-12(2)9(8-13)11(12)10-6-4-5-7-14(10)3/h9-11H,4-8,13H2,1-3H3/t9-,10?,11+/m0/s1.